The summed E-state index contributed by atoms with van der Waals surface area (Å²) >= 11 is 0. The fourth-order valence-corrected chi connectivity index (χ4v) is 3.06. The molecular weight excluding hydrogens is 290 g/mol. The van der Waals surface area contributed by atoms with Gasteiger partial charge in [0, 0.05) is 19.6 Å². The zero-order valence-electron chi connectivity index (χ0n) is 14.7. The average Bonchev–Trinajstić information content (AvgIpc) is 2.96. The highest BCUT2D eigenvalue weighted by molar-refractivity contribution is 5.75. The number of nitrogens with one attached hydrogen (secondary N) is 1. The summed E-state index contributed by atoms with van der Waals surface area (Å²) in [6.07, 6.45) is 1.09. The predicted octanol–water partition coefficient (Wildman–Crippen LogP) is 2.74. The van der Waals surface area contributed by atoms with Crippen molar-refractivity contribution in [2.75, 3.05) is 40.3 Å². The van der Waals surface area contributed by atoms with Gasteiger partial charge in [-0.3, -0.25) is 0 Å². The van der Waals surface area contributed by atoms with Gasteiger partial charge in [-0.2, -0.15) is 0 Å². The van der Waals surface area contributed by atoms with Gasteiger partial charge in [-0.1, -0.05) is 12.1 Å². The van der Waals surface area contributed by atoms with Crippen molar-refractivity contribution in [3.63, 3.8) is 0 Å². The summed E-state index contributed by atoms with van der Waals surface area (Å²) in [5.74, 6) is 1.44. The van der Waals surface area contributed by atoms with Gasteiger partial charge >= 0.3 is 6.03 Å². The fraction of sp³-hybridized carbons (Fsp3) is 0.611. The van der Waals surface area contributed by atoms with Crippen molar-refractivity contribution in [2.45, 2.75) is 26.3 Å². The monoisotopic (exact) mass is 319 g/mol. The van der Waals surface area contributed by atoms with Gasteiger partial charge in [-0.15, -0.1) is 0 Å². The van der Waals surface area contributed by atoms with Crippen LogP contribution in [0.15, 0.2) is 24.3 Å². The molecule has 23 heavy (non-hydrogen) atoms. The second-order valence-electron chi connectivity index (χ2n) is 6.54. The lowest BCUT2D eigenvalue weighted by Gasteiger charge is -2.22. The topological polar surface area (TPSA) is 44.8 Å². The van der Waals surface area contributed by atoms with Crippen molar-refractivity contribution in [2.24, 2.45) is 5.92 Å². The van der Waals surface area contributed by atoms with Crippen LogP contribution < -0.4 is 10.1 Å². The highest BCUT2D eigenvalue weighted by atomic mass is 16.5. The third-order valence-electron chi connectivity index (χ3n) is 4.23. The van der Waals surface area contributed by atoms with Gasteiger partial charge in [0.05, 0.1) is 12.6 Å². The average molecular weight is 319 g/mol. The van der Waals surface area contributed by atoms with E-state index in [9.17, 15) is 4.79 Å². The molecule has 1 saturated heterocycles. The van der Waals surface area contributed by atoms with E-state index in [2.05, 4.69) is 24.3 Å². The number of carbonyl (C=O) groups is 1. The molecule has 2 rings (SSSR count). The molecule has 0 aromatic heterocycles. The number of benzene rings is 1. The first-order valence-electron chi connectivity index (χ1n) is 8.42. The summed E-state index contributed by atoms with van der Waals surface area (Å²) in [6.45, 7) is 7.38. The molecule has 0 spiro atoms. The van der Waals surface area contributed by atoms with E-state index in [4.69, 9.17) is 4.74 Å². The first-order chi connectivity index (χ1) is 11.0. The molecule has 1 aromatic rings. The van der Waals surface area contributed by atoms with Crippen LogP contribution in [0, 0.1) is 5.92 Å². The summed E-state index contributed by atoms with van der Waals surface area (Å²) in [6, 6.07) is 7.94. The fourth-order valence-electron chi connectivity index (χ4n) is 3.06. The van der Waals surface area contributed by atoms with Crippen LogP contribution in [-0.4, -0.2) is 56.2 Å². The molecule has 0 radical (unpaired) electrons. The molecule has 0 bridgehead atoms. The Morgan fingerprint density at radius 1 is 1.39 bits per heavy atom. The van der Waals surface area contributed by atoms with Gasteiger partial charge in [0.1, 0.15) is 5.75 Å². The number of nitrogens with zero attached hydrogens (tertiary/aromatic N) is 2. The largest absolute Gasteiger partial charge is 0.494 e. The minimum Gasteiger partial charge on any atom is -0.494 e. The summed E-state index contributed by atoms with van der Waals surface area (Å²) in [7, 11) is 4.16. The van der Waals surface area contributed by atoms with Gasteiger partial charge < -0.3 is 19.9 Å². The first-order valence-corrected chi connectivity index (χ1v) is 8.42. The highest BCUT2D eigenvalue weighted by Crippen LogP contribution is 2.20. The Labute approximate surface area is 139 Å². The van der Waals surface area contributed by atoms with Crippen LogP contribution >= 0.6 is 0 Å². The van der Waals surface area contributed by atoms with Gasteiger partial charge in [0.25, 0.3) is 0 Å². The van der Waals surface area contributed by atoms with E-state index in [1.54, 1.807) is 0 Å². The third-order valence-corrected chi connectivity index (χ3v) is 4.23. The van der Waals surface area contributed by atoms with E-state index < -0.39 is 0 Å². The molecule has 1 heterocycles. The van der Waals surface area contributed by atoms with Gasteiger partial charge in [0.15, 0.2) is 0 Å². The van der Waals surface area contributed by atoms with E-state index >= 15 is 0 Å². The van der Waals surface area contributed by atoms with Crippen molar-refractivity contribution < 1.29 is 9.53 Å². The third kappa shape index (κ3) is 5.13. The van der Waals surface area contributed by atoms with E-state index in [-0.39, 0.29) is 12.1 Å². The van der Waals surface area contributed by atoms with Crippen molar-refractivity contribution in [3.05, 3.63) is 29.8 Å². The normalized spacial score (nSPS) is 19.0. The Morgan fingerprint density at radius 2 is 2.09 bits per heavy atom. The molecule has 0 aliphatic carbocycles. The van der Waals surface area contributed by atoms with Gasteiger partial charge in [0.2, 0.25) is 0 Å². The Kier molecular flexibility index (Phi) is 6.28. The molecule has 0 unspecified atom stereocenters. The lowest BCUT2D eigenvalue weighted by atomic mass is 10.1. The molecule has 1 aromatic carbocycles. The van der Waals surface area contributed by atoms with Crippen LogP contribution in [0.5, 0.6) is 5.75 Å². The molecule has 1 N–H and O–H groups in total. The number of hydrogen-bond acceptors (Lipinski definition) is 3. The standard InChI is InChI=1S/C18H29N3O2/c1-5-23-17-8-6-16(7-9-17)14(2)19-18(22)21-11-10-15(13-21)12-20(3)4/h6-9,14-15H,5,10-13H2,1-4H3,(H,19,22)/t14-,15+/m0/s1. The maximum atomic E-state index is 12.4. The van der Waals surface area contributed by atoms with E-state index in [1.165, 1.54) is 0 Å². The lowest BCUT2D eigenvalue weighted by molar-refractivity contribution is 0.202. The molecule has 1 fully saturated rings. The number of rotatable bonds is 6. The van der Waals surface area contributed by atoms with Crippen LogP contribution in [-0.2, 0) is 0 Å². The molecule has 5 heteroatoms. The number of likely N-dealkylation sites (tertiary alicyclic amines) is 1. The lowest BCUT2D eigenvalue weighted by Crippen LogP contribution is -2.40. The zero-order chi connectivity index (χ0) is 16.8. The predicted molar refractivity (Wildman–Crippen MR) is 92.8 cm³/mol. The van der Waals surface area contributed by atoms with E-state index in [1.807, 2.05) is 43.0 Å². The summed E-state index contributed by atoms with van der Waals surface area (Å²) in [5, 5.41) is 3.10. The molecular formula is C18H29N3O2. The summed E-state index contributed by atoms with van der Waals surface area (Å²) in [5.41, 5.74) is 1.09. The number of urea groups is 1. The number of ether oxygens (including phenoxy) is 1. The van der Waals surface area contributed by atoms with Crippen LogP contribution in [0.2, 0.25) is 0 Å². The second kappa shape index (κ2) is 8.20. The number of hydrogen-bond donors (Lipinski definition) is 1. The Hall–Kier alpha value is -1.75. The van der Waals surface area contributed by atoms with E-state index in [0.717, 1.165) is 37.4 Å². The Morgan fingerprint density at radius 3 is 2.70 bits per heavy atom. The maximum Gasteiger partial charge on any atom is 0.317 e. The van der Waals surface area contributed by atoms with Crippen LogP contribution in [0.3, 0.4) is 0 Å². The SMILES string of the molecule is CCOc1ccc([C@H](C)NC(=O)N2CC[C@H](CN(C)C)C2)cc1. The zero-order valence-corrected chi connectivity index (χ0v) is 14.7. The molecule has 1 aliphatic heterocycles. The molecule has 0 saturated carbocycles. The minimum atomic E-state index is -0.00826. The van der Waals surface area contributed by atoms with E-state index in [0.29, 0.717) is 12.5 Å². The molecule has 5 nitrogen and oxygen atoms in total. The van der Waals surface area contributed by atoms with Gasteiger partial charge in [-0.25, -0.2) is 4.79 Å². The maximum absolute atomic E-state index is 12.4. The second-order valence-corrected chi connectivity index (χ2v) is 6.54. The van der Waals surface area contributed by atoms with Crippen LogP contribution in [0.4, 0.5) is 4.79 Å². The quantitative estimate of drug-likeness (QED) is 0.877. The number of amides is 2. The van der Waals surface area contributed by atoms with Crippen LogP contribution in [0.25, 0.3) is 0 Å². The molecule has 128 valence electrons. The van der Waals surface area contributed by atoms with Gasteiger partial charge in [-0.05, 0) is 58.0 Å². The Bertz CT molecular complexity index is 501. The van der Waals surface area contributed by atoms with Crippen LogP contribution in [0.1, 0.15) is 31.9 Å². The van der Waals surface area contributed by atoms with Crippen molar-refractivity contribution in [1.82, 2.24) is 15.1 Å². The van der Waals surface area contributed by atoms with Crippen molar-refractivity contribution in [1.29, 1.82) is 0 Å². The Balaban J connectivity index is 1.85. The molecule has 2 atom stereocenters. The molecule has 1 aliphatic rings. The number of carbonyl (C=O) groups excluding carboxylic acids is 1. The summed E-state index contributed by atoms with van der Waals surface area (Å²) in [4.78, 5) is 16.5. The van der Waals surface area contributed by atoms with Crippen molar-refractivity contribution in [3.8, 4) is 5.75 Å². The minimum absolute atomic E-state index is 0.00826. The highest BCUT2D eigenvalue weighted by Gasteiger charge is 2.27. The van der Waals surface area contributed by atoms with Crippen molar-refractivity contribution >= 4 is 6.03 Å². The summed E-state index contributed by atoms with van der Waals surface area (Å²) < 4.78 is 5.45. The first kappa shape index (κ1) is 17.6. The molecule has 2 amide bonds. The smallest absolute Gasteiger partial charge is 0.317 e.